The van der Waals surface area contributed by atoms with Gasteiger partial charge < -0.3 is 15.6 Å². The number of carbonyl (C=O) groups is 1. The maximum Gasteiger partial charge on any atom is 0.338 e. The van der Waals surface area contributed by atoms with Gasteiger partial charge in [-0.2, -0.15) is 0 Å². The molecule has 3 N–H and O–H groups in total. The molecule has 1 aromatic carbocycles. The van der Waals surface area contributed by atoms with Gasteiger partial charge in [-0.1, -0.05) is 6.07 Å². The molecule has 20 heavy (non-hydrogen) atoms. The summed E-state index contributed by atoms with van der Waals surface area (Å²) in [7, 11) is 1.65. The Kier molecular flexibility index (Phi) is 4.29. The molecule has 0 radical (unpaired) electrons. The molecule has 0 bridgehead atoms. The summed E-state index contributed by atoms with van der Waals surface area (Å²) in [5, 5.41) is 9.35. The van der Waals surface area contributed by atoms with Crippen molar-refractivity contribution in [2.75, 3.05) is 12.8 Å². The van der Waals surface area contributed by atoms with Crippen LogP contribution in [0.25, 0.3) is 0 Å². The van der Waals surface area contributed by atoms with Crippen LogP contribution in [0.1, 0.15) is 26.4 Å². The van der Waals surface area contributed by atoms with Gasteiger partial charge in [0, 0.05) is 4.88 Å². The van der Waals surface area contributed by atoms with E-state index in [9.17, 15) is 4.79 Å². The Morgan fingerprint density at radius 3 is 2.65 bits per heavy atom. The first-order valence-electron chi connectivity index (χ1n) is 6.26. The first-order chi connectivity index (χ1) is 9.51. The van der Waals surface area contributed by atoms with Crippen molar-refractivity contribution in [3.8, 4) is 5.75 Å². The molecule has 0 aliphatic heterocycles. The van der Waals surface area contributed by atoms with Gasteiger partial charge in [-0.15, -0.1) is 11.3 Å². The average Bonchev–Trinajstić information content (AvgIpc) is 2.78. The molecule has 0 unspecified atom stereocenters. The van der Waals surface area contributed by atoms with Crippen molar-refractivity contribution in [1.82, 2.24) is 0 Å². The second-order valence-corrected chi connectivity index (χ2v) is 5.76. The van der Waals surface area contributed by atoms with Gasteiger partial charge in [0.15, 0.2) is 0 Å². The summed E-state index contributed by atoms with van der Waals surface area (Å²) in [6.07, 6.45) is 1.64. The molecule has 0 amide bonds. The molecule has 1 aromatic heterocycles. The van der Waals surface area contributed by atoms with Crippen molar-refractivity contribution in [2.24, 2.45) is 0 Å². The first-order valence-corrected chi connectivity index (χ1v) is 7.08. The van der Waals surface area contributed by atoms with Crippen LogP contribution in [0.2, 0.25) is 0 Å². The van der Waals surface area contributed by atoms with Crippen LogP contribution in [0.5, 0.6) is 5.75 Å². The molecule has 0 saturated heterocycles. The van der Waals surface area contributed by atoms with Gasteiger partial charge in [-0.3, -0.25) is 0 Å². The molecule has 0 aliphatic rings. The smallest absolute Gasteiger partial charge is 0.338 e. The van der Waals surface area contributed by atoms with Crippen molar-refractivity contribution in [3.63, 3.8) is 0 Å². The van der Waals surface area contributed by atoms with Gasteiger partial charge >= 0.3 is 5.97 Å². The number of rotatable bonds is 5. The lowest BCUT2D eigenvalue weighted by Crippen LogP contribution is -1.97. The van der Waals surface area contributed by atoms with Gasteiger partial charge in [0.1, 0.15) is 10.8 Å². The van der Waals surface area contributed by atoms with E-state index in [1.807, 2.05) is 25.1 Å². The van der Waals surface area contributed by atoms with Crippen molar-refractivity contribution in [2.45, 2.75) is 19.8 Å². The summed E-state index contributed by atoms with van der Waals surface area (Å²) in [5.41, 5.74) is 8.31. The maximum atomic E-state index is 10.9. The topological polar surface area (TPSA) is 72.5 Å². The number of nitrogens with two attached hydrogens (primary N) is 1. The third-order valence-corrected chi connectivity index (χ3v) is 4.26. The summed E-state index contributed by atoms with van der Waals surface area (Å²) < 4.78 is 5.18. The number of carboxylic acids is 1. The van der Waals surface area contributed by atoms with Crippen LogP contribution < -0.4 is 10.5 Å². The van der Waals surface area contributed by atoms with Crippen molar-refractivity contribution < 1.29 is 14.6 Å². The van der Waals surface area contributed by atoms with E-state index in [4.69, 9.17) is 15.6 Å². The van der Waals surface area contributed by atoms with Gasteiger partial charge in [0.2, 0.25) is 0 Å². The lowest BCUT2D eigenvalue weighted by Gasteiger charge is -2.07. The Balaban J connectivity index is 2.09. The highest BCUT2D eigenvalue weighted by Gasteiger charge is 2.12. The Hall–Kier alpha value is -2.01. The molecule has 0 aliphatic carbocycles. The number of ether oxygens (including phenoxy) is 1. The van der Waals surface area contributed by atoms with E-state index in [0.717, 1.165) is 23.5 Å². The monoisotopic (exact) mass is 291 g/mol. The number of carboxylic acid groups (broad SMARTS) is 1. The summed E-state index contributed by atoms with van der Waals surface area (Å²) in [6.45, 7) is 2.04. The van der Waals surface area contributed by atoms with E-state index >= 15 is 0 Å². The Morgan fingerprint density at radius 2 is 2.10 bits per heavy atom. The van der Waals surface area contributed by atoms with E-state index in [0.29, 0.717) is 5.00 Å². The molecular formula is C15H17NO3S. The third kappa shape index (κ3) is 3.11. The van der Waals surface area contributed by atoms with Crippen molar-refractivity contribution >= 4 is 22.3 Å². The minimum atomic E-state index is -0.967. The maximum absolute atomic E-state index is 10.9. The number of hydrogen-bond donors (Lipinski definition) is 2. The summed E-state index contributed by atoms with van der Waals surface area (Å²) in [5.74, 6) is -0.120. The zero-order valence-electron chi connectivity index (χ0n) is 11.5. The largest absolute Gasteiger partial charge is 0.497 e. The summed E-state index contributed by atoms with van der Waals surface area (Å²) in [4.78, 5) is 11.9. The number of nitrogen functional groups attached to an aromatic ring is 1. The molecule has 4 nitrogen and oxygen atoms in total. The van der Waals surface area contributed by atoms with E-state index in [-0.39, 0.29) is 5.56 Å². The number of hydrogen-bond acceptors (Lipinski definition) is 4. The predicted molar refractivity (Wildman–Crippen MR) is 80.8 cm³/mol. The Labute approximate surface area is 121 Å². The van der Waals surface area contributed by atoms with E-state index in [1.165, 1.54) is 22.5 Å². The number of benzene rings is 1. The van der Waals surface area contributed by atoms with Crippen molar-refractivity contribution in [1.29, 1.82) is 0 Å². The number of anilines is 1. The van der Waals surface area contributed by atoms with Crippen molar-refractivity contribution in [3.05, 3.63) is 45.8 Å². The normalized spacial score (nSPS) is 10.5. The number of aryl methyl sites for hydroxylation is 3. The first kappa shape index (κ1) is 14.4. The molecule has 1 heterocycles. The number of methoxy groups -OCH3 is 1. The molecular weight excluding hydrogens is 274 g/mol. The zero-order chi connectivity index (χ0) is 14.7. The van der Waals surface area contributed by atoms with E-state index < -0.39 is 5.97 Å². The molecule has 0 saturated carbocycles. The van der Waals surface area contributed by atoms with Crippen LogP contribution in [0.3, 0.4) is 0 Å². The van der Waals surface area contributed by atoms with Gasteiger partial charge in [0.25, 0.3) is 0 Å². The standard InChI is InChI=1S/C15H17NO3S/c1-9-7-11(19-2)5-3-10(9)4-6-12-8-13(15(17)18)14(16)20-12/h3,5,7-8H,4,6,16H2,1-2H3,(H,17,18). The second-order valence-electron chi connectivity index (χ2n) is 4.59. The molecule has 106 valence electrons. The molecule has 0 spiro atoms. The SMILES string of the molecule is COc1ccc(CCc2cc(C(=O)O)c(N)s2)c(C)c1. The average molecular weight is 291 g/mol. The van der Waals surface area contributed by atoms with Crippen LogP contribution in [0.15, 0.2) is 24.3 Å². The highest BCUT2D eigenvalue weighted by atomic mass is 32.1. The Bertz CT molecular complexity index is 634. The minimum absolute atomic E-state index is 0.205. The summed E-state index contributed by atoms with van der Waals surface area (Å²) >= 11 is 1.35. The fourth-order valence-corrected chi connectivity index (χ4v) is 3.00. The molecule has 0 fully saturated rings. The van der Waals surface area contributed by atoms with E-state index in [2.05, 4.69) is 0 Å². The van der Waals surface area contributed by atoms with Crippen LogP contribution >= 0.6 is 11.3 Å². The third-order valence-electron chi connectivity index (χ3n) is 3.23. The quantitative estimate of drug-likeness (QED) is 0.887. The number of thiophene rings is 1. The second kappa shape index (κ2) is 5.96. The highest BCUT2D eigenvalue weighted by molar-refractivity contribution is 7.16. The molecule has 5 heteroatoms. The van der Waals surface area contributed by atoms with Crippen LogP contribution in [-0.4, -0.2) is 18.2 Å². The van der Waals surface area contributed by atoms with Gasteiger partial charge in [-0.25, -0.2) is 4.79 Å². The number of aromatic carboxylic acids is 1. The van der Waals surface area contributed by atoms with Crippen LogP contribution in [0.4, 0.5) is 5.00 Å². The molecule has 2 aromatic rings. The lowest BCUT2D eigenvalue weighted by molar-refractivity contribution is 0.0698. The van der Waals surface area contributed by atoms with Crippen LogP contribution in [0, 0.1) is 6.92 Å². The Morgan fingerprint density at radius 1 is 1.35 bits per heavy atom. The fraction of sp³-hybridized carbons (Fsp3) is 0.267. The molecule has 2 rings (SSSR count). The van der Waals surface area contributed by atoms with E-state index in [1.54, 1.807) is 13.2 Å². The van der Waals surface area contributed by atoms with Crippen LogP contribution in [-0.2, 0) is 12.8 Å². The fourth-order valence-electron chi connectivity index (χ4n) is 2.08. The lowest BCUT2D eigenvalue weighted by atomic mass is 10.0. The highest BCUT2D eigenvalue weighted by Crippen LogP contribution is 2.27. The zero-order valence-corrected chi connectivity index (χ0v) is 12.3. The molecule has 0 atom stereocenters. The van der Waals surface area contributed by atoms with Gasteiger partial charge in [-0.05, 0) is 49.1 Å². The van der Waals surface area contributed by atoms with Gasteiger partial charge in [0.05, 0.1) is 12.7 Å². The summed E-state index contributed by atoms with van der Waals surface area (Å²) in [6, 6.07) is 7.65. The minimum Gasteiger partial charge on any atom is -0.497 e. The predicted octanol–water partition coefficient (Wildman–Crippen LogP) is 3.13.